The van der Waals surface area contributed by atoms with Gasteiger partial charge in [-0.2, -0.15) is 0 Å². The highest BCUT2D eigenvalue weighted by Crippen LogP contribution is 2.23. The van der Waals surface area contributed by atoms with E-state index in [1.54, 1.807) is 24.4 Å². The summed E-state index contributed by atoms with van der Waals surface area (Å²) in [5.41, 5.74) is 5.63. The van der Waals surface area contributed by atoms with E-state index in [9.17, 15) is 4.79 Å². The first-order valence-corrected chi connectivity index (χ1v) is 7.35. The fourth-order valence-corrected chi connectivity index (χ4v) is 2.61. The maximum Gasteiger partial charge on any atom is 0.288 e. The number of carbonyl (C=O) groups is 1. The van der Waals surface area contributed by atoms with Crippen LogP contribution in [0.5, 0.6) is 0 Å². The monoisotopic (exact) mass is 292 g/mol. The summed E-state index contributed by atoms with van der Waals surface area (Å²) in [7, 11) is 0. The zero-order valence-corrected chi connectivity index (χ0v) is 12.4. The standard InChI is InChI=1S/C14H20N4OS/c1-10-6-2-3-7-11(10)16-14(20)18-17-13(19)12-8-4-5-9-15-12/h4-5,8-11H,2-3,6-7H2,1H3,(H,17,19)(H2,16,18,20)/t10-,11-/m0/s1. The molecule has 1 aromatic rings. The zero-order chi connectivity index (χ0) is 14.4. The first-order chi connectivity index (χ1) is 9.66. The van der Waals surface area contributed by atoms with Crippen LogP contribution in [0.1, 0.15) is 43.1 Å². The van der Waals surface area contributed by atoms with Crippen LogP contribution in [-0.4, -0.2) is 22.0 Å². The first-order valence-electron chi connectivity index (χ1n) is 6.94. The molecule has 0 aromatic carbocycles. The largest absolute Gasteiger partial charge is 0.358 e. The number of thiocarbonyl (C=S) groups is 1. The van der Waals surface area contributed by atoms with Crippen LogP contribution in [0.15, 0.2) is 24.4 Å². The van der Waals surface area contributed by atoms with E-state index in [2.05, 4.69) is 28.1 Å². The van der Waals surface area contributed by atoms with Crippen molar-refractivity contribution in [2.45, 2.75) is 38.6 Å². The Morgan fingerprint density at radius 2 is 2.10 bits per heavy atom. The van der Waals surface area contributed by atoms with Crippen molar-refractivity contribution >= 4 is 23.2 Å². The van der Waals surface area contributed by atoms with Crippen LogP contribution >= 0.6 is 12.2 Å². The average molecular weight is 292 g/mol. The third kappa shape index (κ3) is 4.16. The topological polar surface area (TPSA) is 66.0 Å². The predicted molar refractivity (Wildman–Crippen MR) is 82.0 cm³/mol. The van der Waals surface area contributed by atoms with Crippen molar-refractivity contribution < 1.29 is 4.79 Å². The van der Waals surface area contributed by atoms with Crippen molar-refractivity contribution in [3.8, 4) is 0 Å². The van der Waals surface area contributed by atoms with Crippen molar-refractivity contribution in [3.05, 3.63) is 30.1 Å². The van der Waals surface area contributed by atoms with Gasteiger partial charge in [-0.1, -0.05) is 25.8 Å². The molecule has 0 unspecified atom stereocenters. The Balaban J connectivity index is 1.76. The fraction of sp³-hybridized carbons (Fsp3) is 0.500. The fourth-order valence-electron chi connectivity index (χ4n) is 2.41. The van der Waals surface area contributed by atoms with E-state index in [-0.39, 0.29) is 5.91 Å². The molecule has 20 heavy (non-hydrogen) atoms. The molecule has 0 spiro atoms. The first kappa shape index (κ1) is 14.7. The maximum absolute atomic E-state index is 11.8. The third-order valence-corrected chi connectivity index (χ3v) is 3.83. The number of pyridine rings is 1. The van der Waals surface area contributed by atoms with Crippen LogP contribution in [0, 0.1) is 5.92 Å². The summed E-state index contributed by atoms with van der Waals surface area (Å²) in [6.07, 6.45) is 6.44. The molecule has 1 fully saturated rings. The Hall–Kier alpha value is -1.69. The smallest absolute Gasteiger partial charge is 0.288 e. The van der Waals surface area contributed by atoms with E-state index < -0.39 is 0 Å². The van der Waals surface area contributed by atoms with Crippen molar-refractivity contribution in [3.63, 3.8) is 0 Å². The Labute approximate surface area is 124 Å². The van der Waals surface area contributed by atoms with E-state index in [0.29, 0.717) is 22.8 Å². The Bertz CT molecular complexity index is 466. The normalized spacial score (nSPS) is 21.9. The van der Waals surface area contributed by atoms with Gasteiger partial charge < -0.3 is 5.32 Å². The van der Waals surface area contributed by atoms with Crippen LogP contribution in [0.2, 0.25) is 0 Å². The molecule has 2 atom stereocenters. The lowest BCUT2D eigenvalue weighted by Gasteiger charge is -2.30. The maximum atomic E-state index is 11.8. The second kappa shape index (κ2) is 7.19. The summed E-state index contributed by atoms with van der Waals surface area (Å²) in [6.45, 7) is 2.23. The number of nitrogens with zero attached hydrogens (tertiary/aromatic N) is 1. The van der Waals surface area contributed by atoms with Gasteiger partial charge >= 0.3 is 0 Å². The summed E-state index contributed by atoms with van der Waals surface area (Å²) >= 11 is 5.20. The summed E-state index contributed by atoms with van der Waals surface area (Å²) in [4.78, 5) is 15.8. The summed E-state index contributed by atoms with van der Waals surface area (Å²) in [5, 5.41) is 3.71. The van der Waals surface area contributed by atoms with Gasteiger partial charge in [0, 0.05) is 12.2 Å². The molecule has 1 aliphatic rings. The Kier molecular flexibility index (Phi) is 5.29. The molecule has 1 aromatic heterocycles. The molecule has 1 aliphatic carbocycles. The minimum atomic E-state index is -0.300. The molecular weight excluding hydrogens is 272 g/mol. The van der Waals surface area contributed by atoms with Gasteiger partial charge in [0.25, 0.3) is 5.91 Å². The molecule has 3 N–H and O–H groups in total. The number of hydrogen-bond donors (Lipinski definition) is 3. The molecule has 108 valence electrons. The number of carbonyl (C=O) groups excluding carboxylic acids is 1. The Morgan fingerprint density at radius 3 is 2.80 bits per heavy atom. The van der Waals surface area contributed by atoms with E-state index in [1.165, 1.54) is 19.3 Å². The number of aromatic nitrogens is 1. The minimum absolute atomic E-state index is 0.300. The molecule has 1 amide bonds. The molecule has 1 heterocycles. The van der Waals surface area contributed by atoms with Gasteiger partial charge in [-0.25, -0.2) is 0 Å². The molecule has 0 aliphatic heterocycles. The molecule has 6 heteroatoms. The number of amides is 1. The van der Waals surface area contributed by atoms with Crippen molar-refractivity contribution in [1.82, 2.24) is 21.2 Å². The van der Waals surface area contributed by atoms with E-state index in [4.69, 9.17) is 12.2 Å². The van der Waals surface area contributed by atoms with Gasteiger partial charge in [-0.3, -0.25) is 20.6 Å². The van der Waals surface area contributed by atoms with Gasteiger partial charge in [0.15, 0.2) is 5.11 Å². The minimum Gasteiger partial charge on any atom is -0.358 e. The SMILES string of the molecule is C[C@H]1CCCC[C@@H]1NC(=S)NNC(=O)c1ccccn1. The summed E-state index contributed by atoms with van der Waals surface area (Å²) in [5.74, 6) is 0.307. The number of hydrazine groups is 1. The molecule has 0 radical (unpaired) electrons. The van der Waals surface area contributed by atoms with Gasteiger partial charge in [0.05, 0.1) is 0 Å². The Morgan fingerprint density at radius 1 is 1.30 bits per heavy atom. The second-order valence-electron chi connectivity index (χ2n) is 5.14. The molecular formula is C14H20N4OS. The molecule has 2 rings (SSSR count). The highest BCUT2D eigenvalue weighted by Gasteiger charge is 2.21. The van der Waals surface area contributed by atoms with Gasteiger partial charge in [0.2, 0.25) is 0 Å². The number of rotatable bonds is 2. The van der Waals surface area contributed by atoms with Gasteiger partial charge in [-0.15, -0.1) is 0 Å². The highest BCUT2D eigenvalue weighted by atomic mass is 32.1. The van der Waals surface area contributed by atoms with Crippen molar-refractivity contribution in [2.24, 2.45) is 5.92 Å². The van der Waals surface area contributed by atoms with Gasteiger partial charge in [-0.05, 0) is 43.1 Å². The lowest BCUT2D eigenvalue weighted by molar-refractivity contribution is 0.0938. The van der Waals surface area contributed by atoms with Gasteiger partial charge in [0.1, 0.15) is 5.69 Å². The predicted octanol–water partition coefficient (Wildman–Crippen LogP) is 1.77. The number of hydrogen-bond acceptors (Lipinski definition) is 3. The molecule has 0 bridgehead atoms. The van der Waals surface area contributed by atoms with E-state index >= 15 is 0 Å². The van der Waals surface area contributed by atoms with Crippen molar-refractivity contribution in [2.75, 3.05) is 0 Å². The second-order valence-corrected chi connectivity index (χ2v) is 5.54. The highest BCUT2D eigenvalue weighted by molar-refractivity contribution is 7.80. The lowest BCUT2D eigenvalue weighted by Crippen LogP contribution is -2.51. The van der Waals surface area contributed by atoms with Crippen LogP contribution in [0.3, 0.4) is 0 Å². The van der Waals surface area contributed by atoms with Crippen LogP contribution in [0.25, 0.3) is 0 Å². The van der Waals surface area contributed by atoms with E-state index in [0.717, 1.165) is 6.42 Å². The molecule has 5 nitrogen and oxygen atoms in total. The number of nitrogens with one attached hydrogen (secondary N) is 3. The van der Waals surface area contributed by atoms with E-state index in [1.807, 2.05) is 0 Å². The summed E-state index contributed by atoms with van der Waals surface area (Å²) < 4.78 is 0. The quantitative estimate of drug-likeness (QED) is 0.573. The molecule has 1 saturated carbocycles. The van der Waals surface area contributed by atoms with Crippen LogP contribution < -0.4 is 16.2 Å². The third-order valence-electron chi connectivity index (χ3n) is 3.62. The van der Waals surface area contributed by atoms with Crippen LogP contribution in [-0.2, 0) is 0 Å². The lowest BCUT2D eigenvalue weighted by atomic mass is 9.86. The zero-order valence-electron chi connectivity index (χ0n) is 11.6. The molecule has 0 saturated heterocycles. The van der Waals surface area contributed by atoms with Crippen molar-refractivity contribution in [1.29, 1.82) is 0 Å². The van der Waals surface area contributed by atoms with Crippen LogP contribution in [0.4, 0.5) is 0 Å². The summed E-state index contributed by atoms with van der Waals surface area (Å²) in [6, 6.07) is 5.57. The average Bonchev–Trinajstić information content (AvgIpc) is 2.48.